The Labute approximate surface area is 107 Å². The van der Waals surface area contributed by atoms with Gasteiger partial charge in [0.15, 0.2) is 0 Å². The lowest BCUT2D eigenvalue weighted by atomic mass is 10.0. The van der Waals surface area contributed by atoms with Crippen LogP contribution in [0.1, 0.15) is 35.3 Å². The Morgan fingerprint density at radius 1 is 1.33 bits per heavy atom. The Hall–Kier alpha value is -1.55. The van der Waals surface area contributed by atoms with Crippen molar-refractivity contribution in [1.82, 2.24) is 0 Å². The maximum atomic E-state index is 11.9. The number of benzene rings is 1. The maximum absolute atomic E-state index is 11.9. The van der Waals surface area contributed by atoms with Gasteiger partial charge in [-0.1, -0.05) is 0 Å². The highest BCUT2D eigenvalue weighted by atomic mass is 16.5. The fraction of sp³-hybridized carbons (Fsp3) is 0.500. The Kier molecular flexibility index (Phi) is 3.87. The molecular formula is C14H19NO3. The van der Waals surface area contributed by atoms with E-state index in [9.17, 15) is 4.79 Å². The number of ether oxygens (including phenoxy) is 2. The largest absolute Gasteiger partial charge is 0.494 e. The van der Waals surface area contributed by atoms with Gasteiger partial charge in [-0.05, 0) is 49.9 Å². The molecule has 0 aromatic heterocycles. The lowest BCUT2D eigenvalue weighted by molar-refractivity contribution is 0.0524. The smallest absolute Gasteiger partial charge is 0.338 e. The fourth-order valence-corrected chi connectivity index (χ4v) is 2.38. The van der Waals surface area contributed by atoms with Crippen LogP contribution >= 0.6 is 0 Å². The van der Waals surface area contributed by atoms with Gasteiger partial charge in [-0.2, -0.15) is 0 Å². The maximum Gasteiger partial charge on any atom is 0.338 e. The molecular weight excluding hydrogens is 230 g/mol. The van der Waals surface area contributed by atoms with Crippen LogP contribution in [0.4, 0.5) is 0 Å². The first-order chi connectivity index (χ1) is 8.65. The summed E-state index contributed by atoms with van der Waals surface area (Å²) in [4.78, 5) is 11.9. The summed E-state index contributed by atoms with van der Waals surface area (Å²) in [7, 11) is 0. The van der Waals surface area contributed by atoms with Gasteiger partial charge in [-0.15, -0.1) is 0 Å². The highest BCUT2D eigenvalue weighted by Gasteiger charge is 2.25. The van der Waals surface area contributed by atoms with Crippen molar-refractivity contribution >= 4 is 5.97 Å². The average molecular weight is 249 g/mol. The van der Waals surface area contributed by atoms with Gasteiger partial charge in [0.25, 0.3) is 0 Å². The average Bonchev–Trinajstić information content (AvgIpc) is 2.69. The molecule has 0 fully saturated rings. The Morgan fingerprint density at radius 3 is 2.78 bits per heavy atom. The van der Waals surface area contributed by atoms with Gasteiger partial charge < -0.3 is 15.2 Å². The minimum absolute atomic E-state index is 0.0880. The third-order valence-electron chi connectivity index (χ3n) is 3.07. The number of esters is 1. The molecule has 2 rings (SSSR count). The van der Waals surface area contributed by atoms with E-state index in [2.05, 4.69) is 0 Å². The predicted octanol–water partition coefficient (Wildman–Crippen LogP) is 1.69. The second kappa shape index (κ2) is 5.40. The van der Waals surface area contributed by atoms with Crippen molar-refractivity contribution < 1.29 is 14.3 Å². The molecule has 4 heteroatoms. The lowest BCUT2D eigenvalue weighted by Gasteiger charge is -2.11. The van der Waals surface area contributed by atoms with E-state index in [0.29, 0.717) is 24.5 Å². The Balaban J connectivity index is 2.40. The van der Waals surface area contributed by atoms with E-state index >= 15 is 0 Å². The third-order valence-corrected chi connectivity index (χ3v) is 3.07. The SMILES string of the molecule is CCOC(=O)c1cc(OCC)cc2c1CC(N)C2. The van der Waals surface area contributed by atoms with Crippen LogP contribution in [-0.2, 0) is 17.6 Å². The quantitative estimate of drug-likeness (QED) is 0.825. The highest BCUT2D eigenvalue weighted by molar-refractivity contribution is 5.92. The molecule has 1 unspecified atom stereocenters. The first kappa shape index (κ1) is 12.9. The molecule has 0 amide bonds. The van der Waals surface area contributed by atoms with Crippen LogP contribution in [0.15, 0.2) is 12.1 Å². The molecule has 1 aromatic rings. The molecule has 0 bridgehead atoms. The number of nitrogens with two attached hydrogens (primary N) is 1. The molecule has 0 aliphatic heterocycles. The first-order valence-corrected chi connectivity index (χ1v) is 6.37. The predicted molar refractivity (Wildman–Crippen MR) is 69.0 cm³/mol. The zero-order chi connectivity index (χ0) is 13.1. The van der Waals surface area contributed by atoms with Crippen molar-refractivity contribution in [2.75, 3.05) is 13.2 Å². The van der Waals surface area contributed by atoms with Gasteiger partial charge in [0, 0.05) is 6.04 Å². The van der Waals surface area contributed by atoms with Gasteiger partial charge >= 0.3 is 5.97 Å². The second-order valence-electron chi connectivity index (χ2n) is 4.43. The van der Waals surface area contributed by atoms with Gasteiger partial charge in [0.1, 0.15) is 5.75 Å². The number of hydrogen-bond acceptors (Lipinski definition) is 4. The zero-order valence-corrected chi connectivity index (χ0v) is 10.9. The molecule has 1 aliphatic rings. The van der Waals surface area contributed by atoms with Gasteiger partial charge in [0.2, 0.25) is 0 Å². The van der Waals surface area contributed by atoms with Crippen molar-refractivity contribution in [2.45, 2.75) is 32.7 Å². The number of fused-ring (bicyclic) bond motifs is 1. The molecule has 0 heterocycles. The molecule has 0 saturated heterocycles. The van der Waals surface area contributed by atoms with E-state index < -0.39 is 0 Å². The molecule has 0 saturated carbocycles. The van der Waals surface area contributed by atoms with Crippen molar-refractivity contribution in [3.05, 3.63) is 28.8 Å². The highest BCUT2D eigenvalue weighted by Crippen LogP contribution is 2.30. The first-order valence-electron chi connectivity index (χ1n) is 6.37. The summed E-state index contributed by atoms with van der Waals surface area (Å²) in [6.45, 7) is 4.67. The van der Waals surface area contributed by atoms with E-state index in [4.69, 9.17) is 15.2 Å². The number of carbonyl (C=O) groups excluding carboxylic acids is 1. The van der Waals surface area contributed by atoms with Gasteiger partial charge in [-0.25, -0.2) is 4.79 Å². The topological polar surface area (TPSA) is 61.5 Å². The number of hydrogen-bond donors (Lipinski definition) is 1. The van der Waals surface area contributed by atoms with Crippen molar-refractivity contribution in [2.24, 2.45) is 5.73 Å². The minimum Gasteiger partial charge on any atom is -0.494 e. The normalized spacial score (nSPS) is 17.4. The van der Waals surface area contributed by atoms with Gasteiger partial charge in [-0.3, -0.25) is 0 Å². The molecule has 18 heavy (non-hydrogen) atoms. The van der Waals surface area contributed by atoms with E-state index in [1.807, 2.05) is 13.0 Å². The van der Waals surface area contributed by atoms with Crippen LogP contribution in [0, 0.1) is 0 Å². The molecule has 4 nitrogen and oxygen atoms in total. The zero-order valence-electron chi connectivity index (χ0n) is 10.9. The third kappa shape index (κ3) is 2.48. The Bertz CT molecular complexity index is 457. The molecule has 0 spiro atoms. The van der Waals surface area contributed by atoms with Crippen LogP contribution in [0.2, 0.25) is 0 Å². The standard InChI is InChI=1S/C14H19NO3/c1-3-17-11-6-9-5-10(15)7-12(9)13(8-11)14(16)18-4-2/h6,8,10H,3-5,7,15H2,1-2H3. The van der Waals surface area contributed by atoms with Crippen molar-refractivity contribution in [3.63, 3.8) is 0 Å². The van der Waals surface area contributed by atoms with Crippen LogP contribution in [0.5, 0.6) is 5.75 Å². The van der Waals surface area contributed by atoms with Crippen molar-refractivity contribution in [1.29, 1.82) is 0 Å². The van der Waals surface area contributed by atoms with Crippen LogP contribution in [-0.4, -0.2) is 25.2 Å². The van der Waals surface area contributed by atoms with E-state index in [1.54, 1.807) is 13.0 Å². The van der Waals surface area contributed by atoms with Crippen molar-refractivity contribution in [3.8, 4) is 5.75 Å². The lowest BCUT2D eigenvalue weighted by Crippen LogP contribution is -2.19. The summed E-state index contributed by atoms with van der Waals surface area (Å²) < 4.78 is 10.6. The summed E-state index contributed by atoms with van der Waals surface area (Å²) in [6.07, 6.45) is 1.53. The number of carbonyl (C=O) groups is 1. The van der Waals surface area contributed by atoms with Crippen LogP contribution in [0.3, 0.4) is 0 Å². The van der Waals surface area contributed by atoms with Crippen LogP contribution in [0.25, 0.3) is 0 Å². The monoisotopic (exact) mass is 249 g/mol. The summed E-state index contributed by atoms with van der Waals surface area (Å²) in [6, 6.07) is 3.83. The molecule has 1 aliphatic carbocycles. The van der Waals surface area contributed by atoms with E-state index in [-0.39, 0.29) is 12.0 Å². The van der Waals surface area contributed by atoms with Gasteiger partial charge in [0.05, 0.1) is 18.8 Å². The minimum atomic E-state index is -0.288. The summed E-state index contributed by atoms with van der Waals surface area (Å²) in [5.74, 6) is 0.429. The molecule has 1 aromatic carbocycles. The fourth-order valence-electron chi connectivity index (χ4n) is 2.38. The van der Waals surface area contributed by atoms with Crippen LogP contribution < -0.4 is 10.5 Å². The molecule has 2 N–H and O–H groups in total. The van der Waals surface area contributed by atoms with E-state index in [1.165, 1.54) is 0 Å². The summed E-state index contributed by atoms with van der Waals surface area (Å²) in [5, 5.41) is 0. The Morgan fingerprint density at radius 2 is 2.11 bits per heavy atom. The summed E-state index contributed by atoms with van der Waals surface area (Å²) >= 11 is 0. The summed E-state index contributed by atoms with van der Waals surface area (Å²) in [5.41, 5.74) is 8.69. The molecule has 0 radical (unpaired) electrons. The number of rotatable bonds is 4. The molecule has 98 valence electrons. The van der Waals surface area contributed by atoms with E-state index in [0.717, 1.165) is 24.0 Å². The second-order valence-corrected chi connectivity index (χ2v) is 4.43. The molecule has 1 atom stereocenters.